The monoisotopic (exact) mass is 836 g/mol. The number of carbonyl (C=O) groups excluding carboxylic acids is 1. The zero-order valence-electron chi connectivity index (χ0n) is 34.5. The van der Waals surface area contributed by atoms with Crippen LogP contribution in [0.2, 0.25) is 0 Å². The number of ether oxygens (including phenoxy) is 3. The largest absolute Gasteiger partial charge is 0.493 e. The van der Waals surface area contributed by atoms with Crippen molar-refractivity contribution in [3.05, 3.63) is 94.8 Å². The van der Waals surface area contributed by atoms with E-state index in [0.29, 0.717) is 48.0 Å². The first-order chi connectivity index (χ1) is 29.1. The van der Waals surface area contributed by atoms with E-state index >= 15 is 0 Å². The molecule has 14 heteroatoms. The highest BCUT2D eigenvalue weighted by atomic mass is 32.2. The highest BCUT2D eigenvalue weighted by molar-refractivity contribution is 7.84. The average molecular weight is 837 g/mol. The summed E-state index contributed by atoms with van der Waals surface area (Å²) in [7, 11) is 0.371. The smallest absolute Gasteiger partial charge is 0.335 e. The second-order valence-corrected chi connectivity index (χ2v) is 18.5. The molecular weight excluding hydrogens is 781 g/mol. The number of pyridine rings is 1. The van der Waals surface area contributed by atoms with E-state index in [-0.39, 0.29) is 17.1 Å². The summed E-state index contributed by atoms with van der Waals surface area (Å²) in [5, 5.41) is 12.6. The standard InChI is InChI=1S/C28H35N3O4.C18H21N3O3S/c32-26(29-22-8-4-7-21(12-22)27(33)34)24-23(30-25(31-24)20-5-2-1-3-6-20)16-35-28-13-17-9-18(14-28)11-19(10-17)15-28;1-13-16(19-9-8-17(13)24-11-5-10-23-2)12-25(22)18-20-14-6-3-4-7-15(14)21-18/h4,7-8,12,17-20H,1-3,5-6,9-11,13-16H2,(H,29,32)(H,30,31)(H,33,34);3-4,6-9H,5,10-12H2,1-2H3,(H,20,21). The number of aromatic nitrogens is 5. The number of fused-ring (bicyclic) bond motifs is 1. The number of imidazole rings is 2. The molecule has 5 aliphatic carbocycles. The summed E-state index contributed by atoms with van der Waals surface area (Å²) in [5.74, 6) is 3.33. The van der Waals surface area contributed by atoms with Crippen molar-refractivity contribution in [3.63, 3.8) is 0 Å². The minimum atomic E-state index is -1.30. The van der Waals surface area contributed by atoms with E-state index < -0.39 is 16.8 Å². The summed E-state index contributed by atoms with van der Waals surface area (Å²) < 4.78 is 30.1. The third-order valence-corrected chi connectivity index (χ3v) is 13.9. The SMILES string of the molecule is COCCCOc1ccnc(CS(=O)c2nc3ccccc3[nH]2)c1C.O=C(O)c1cccc(NC(=O)c2nc(C3CCCCC3)[nH]c2COC23CC4CC(CC(C4)C2)C3)c1. The van der Waals surface area contributed by atoms with Gasteiger partial charge in [-0.2, -0.15) is 0 Å². The topological polar surface area (TPSA) is 181 Å². The Kier molecular flexibility index (Phi) is 13.1. The zero-order valence-corrected chi connectivity index (χ0v) is 35.4. The number of hydrogen-bond donors (Lipinski definition) is 4. The number of aromatic carboxylic acids is 1. The molecule has 0 spiro atoms. The van der Waals surface area contributed by atoms with Crippen LogP contribution in [0, 0.1) is 24.7 Å². The van der Waals surface area contributed by atoms with Crippen molar-refractivity contribution in [2.75, 3.05) is 25.6 Å². The minimum absolute atomic E-state index is 0.0472. The lowest BCUT2D eigenvalue weighted by Gasteiger charge is -2.56. The first kappa shape index (κ1) is 41.8. The van der Waals surface area contributed by atoms with E-state index in [1.54, 1.807) is 25.4 Å². The van der Waals surface area contributed by atoms with Gasteiger partial charge < -0.3 is 34.6 Å². The Labute approximate surface area is 353 Å². The maximum absolute atomic E-state index is 13.3. The van der Waals surface area contributed by atoms with Crippen LogP contribution in [0.25, 0.3) is 11.0 Å². The molecule has 13 nitrogen and oxygen atoms in total. The molecule has 5 fully saturated rings. The fourth-order valence-corrected chi connectivity index (χ4v) is 11.2. The molecule has 4 bridgehead atoms. The molecule has 1 atom stereocenters. The highest BCUT2D eigenvalue weighted by Gasteiger charge is 2.51. The molecule has 5 aromatic rings. The van der Waals surface area contributed by atoms with Gasteiger partial charge in [-0.3, -0.25) is 14.0 Å². The van der Waals surface area contributed by atoms with E-state index in [9.17, 15) is 18.9 Å². The van der Waals surface area contributed by atoms with Gasteiger partial charge in [0.1, 0.15) is 11.6 Å². The molecule has 5 aliphatic rings. The van der Waals surface area contributed by atoms with Crippen LogP contribution in [0.5, 0.6) is 5.75 Å². The normalized spacial score (nSPS) is 22.6. The summed E-state index contributed by atoms with van der Waals surface area (Å²) in [6, 6.07) is 15.8. The van der Waals surface area contributed by atoms with Crippen LogP contribution in [0.1, 0.15) is 127 Å². The number of para-hydroxylation sites is 2. The van der Waals surface area contributed by atoms with Gasteiger partial charge in [-0.25, -0.2) is 14.8 Å². The molecule has 3 aromatic heterocycles. The number of H-pyrrole nitrogens is 2. The fraction of sp³-hybridized carbons (Fsp3) is 0.500. The number of aromatic amines is 2. The number of carbonyl (C=O) groups is 2. The highest BCUT2D eigenvalue weighted by Crippen LogP contribution is 2.57. The maximum atomic E-state index is 13.3. The number of rotatable bonds is 15. The van der Waals surface area contributed by atoms with E-state index in [2.05, 4.69) is 25.3 Å². The van der Waals surface area contributed by atoms with Crippen LogP contribution < -0.4 is 10.1 Å². The lowest BCUT2D eigenvalue weighted by molar-refractivity contribution is -0.169. The molecule has 1 amide bonds. The third-order valence-electron chi connectivity index (χ3n) is 12.7. The molecule has 10 rings (SSSR count). The maximum Gasteiger partial charge on any atom is 0.335 e. The van der Waals surface area contributed by atoms with Crippen molar-refractivity contribution in [1.82, 2.24) is 24.9 Å². The fourth-order valence-electron chi connectivity index (χ4n) is 10.1. The number of benzene rings is 2. The quantitative estimate of drug-likeness (QED) is 0.0744. The van der Waals surface area contributed by atoms with E-state index in [4.69, 9.17) is 19.2 Å². The summed E-state index contributed by atoms with van der Waals surface area (Å²) in [6.45, 7) is 3.53. The molecular formula is C46H56N6O7S. The molecule has 0 saturated heterocycles. The number of amides is 1. The number of carboxylic acids is 1. The number of nitrogens with one attached hydrogen (secondary N) is 3. The van der Waals surface area contributed by atoms with Crippen LogP contribution in [0.15, 0.2) is 66.0 Å². The Hall–Kier alpha value is -4.92. The summed E-state index contributed by atoms with van der Waals surface area (Å²) in [4.78, 5) is 44.8. The average Bonchev–Trinajstić information content (AvgIpc) is 3.89. The van der Waals surface area contributed by atoms with Gasteiger partial charge in [-0.15, -0.1) is 0 Å². The predicted octanol–water partition coefficient (Wildman–Crippen LogP) is 8.88. The second-order valence-electron chi connectivity index (χ2n) is 17.1. The number of hydrogen-bond acceptors (Lipinski definition) is 9. The van der Waals surface area contributed by atoms with Gasteiger partial charge >= 0.3 is 5.97 Å². The van der Waals surface area contributed by atoms with Crippen molar-refractivity contribution in [1.29, 1.82) is 0 Å². The van der Waals surface area contributed by atoms with Crippen LogP contribution in [0.3, 0.4) is 0 Å². The lowest BCUT2D eigenvalue weighted by atomic mass is 9.54. The van der Waals surface area contributed by atoms with E-state index in [1.165, 1.54) is 50.7 Å². The van der Waals surface area contributed by atoms with Crippen LogP contribution >= 0.6 is 0 Å². The summed E-state index contributed by atoms with van der Waals surface area (Å²) in [6.07, 6.45) is 15.8. The van der Waals surface area contributed by atoms with Crippen molar-refractivity contribution >= 4 is 39.4 Å². The Morgan fingerprint density at radius 2 is 1.68 bits per heavy atom. The molecule has 1 unspecified atom stereocenters. The first-order valence-electron chi connectivity index (χ1n) is 21.4. The molecule has 5 saturated carbocycles. The van der Waals surface area contributed by atoms with Gasteiger partial charge in [0.2, 0.25) is 0 Å². The summed E-state index contributed by atoms with van der Waals surface area (Å²) >= 11 is 0. The number of carboxylic acid groups (broad SMARTS) is 1. The number of anilines is 1. The Morgan fingerprint density at radius 3 is 2.40 bits per heavy atom. The molecule has 318 valence electrons. The molecule has 0 aliphatic heterocycles. The van der Waals surface area contributed by atoms with Crippen molar-refractivity contribution in [2.24, 2.45) is 17.8 Å². The van der Waals surface area contributed by atoms with Gasteiger partial charge in [0, 0.05) is 43.5 Å². The molecule has 0 radical (unpaired) electrons. The van der Waals surface area contributed by atoms with Crippen LogP contribution in [-0.2, 0) is 32.6 Å². The van der Waals surface area contributed by atoms with E-state index in [0.717, 1.165) is 95.8 Å². The van der Waals surface area contributed by atoms with Gasteiger partial charge in [0.25, 0.3) is 5.91 Å². The van der Waals surface area contributed by atoms with Gasteiger partial charge in [-0.1, -0.05) is 37.5 Å². The minimum Gasteiger partial charge on any atom is -0.493 e. The predicted molar refractivity (Wildman–Crippen MR) is 229 cm³/mol. The van der Waals surface area contributed by atoms with Crippen LogP contribution in [-0.4, -0.2) is 72.0 Å². The Balaban J connectivity index is 0.000000177. The second kappa shape index (κ2) is 18.8. The van der Waals surface area contributed by atoms with Crippen molar-refractivity contribution in [2.45, 2.75) is 113 Å². The van der Waals surface area contributed by atoms with Gasteiger partial charge in [0.05, 0.1) is 63.4 Å². The first-order valence-corrected chi connectivity index (χ1v) is 22.7. The number of nitrogens with zero attached hydrogens (tertiary/aromatic N) is 3. The van der Waals surface area contributed by atoms with E-state index in [1.807, 2.05) is 37.3 Å². The third kappa shape index (κ3) is 9.82. The molecule has 60 heavy (non-hydrogen) atoms. The zero-order chi connectivity index (χ0) is 41.6. The molecule has 3 heterocycles. The van der Waals surface area contributed by atoms with Crippen LogP contribution in [0.4, 0.5) is 5.69 Å². The number of methoxy groups -OCH3 is 1. The Morgan fingerprint density at radius 1 is 0.933 bits per heavy atom. The van der Waals surface area contributed by atoms with Crippen molar-refractivity contribution < 1.29 is 33.1 Å². The lowest BCUT2D eigenvalue weighted by Crippen LogP contribution is -2.51. The molecule has 4 N–H and O–H groups in total. The van der Waals surface area contributed by atoms with Gasteiger partial charge in [0.15, 0.2) is 10.9 Å². The van der Waals surface area contributed by atoms with Crippen molar-refractivity contribution in [3.8, 4) is 5.75 Å². The Bertz CT molecular complexity index is 2250. The molecule has 2 aromatic carbocycles. The van der Waals surface area contributed by atoms with Gasteiger partial charge in [-0.05, 0) is 112 Å². The summed E-state index contributed by atoms with van der Waals surface area (Å²) in [5.41, 5.74) is 5.00.